The monoisotopic (exact) mass is 279 g/mol. The van der Waals surface area contributed by atoms with Crippen LogP contribution >= 0.6 is 0 Å². The van der Waals surface area contributed by atoms with Crippen molar-refractivity contribution in [2.45, 2.75) is 57.4 Å². The van der Waals surface area contributed by atoms with Crippen LogP contribution in [0.3, 0.4) is 0 Å². The highest BCUT2D eigenvalue weighted by Crippen LogP contribution is 2.37. The quantitative estimate of drug-likeness (QED) is 0.897. The van der Waals surface area contributed by atoms with Gasteiger partial charge in [-0.1, -0.05) is 19.0 Å². The maximum atomic E-state index is 5.58. The summed E-state index contributed by atoms with van der Waals surface area (Å²) in [4.78, 5) is 4.67. The SMILES string of the molecule is CCCNC1COCC1c1nc(C2CCC(C)C2)no1. The van der Waals surface area contributed by atoms with Gasteiger partial charge in [-0.3, -0.25) is 0 Å². The lowest BCUT2D eigenvalue weighted by molar-refractivity contribution is 0.184. The highest BCUT2D eigenvalue weighted by Gasteiger charge is 2.35. The van der Waals surface area contributed by atoms with Gasteiger partial charge in [-0.2, -0.15) is 4.98 Å². The molecule has 112 valence electrons. The van der Waals surface area contributed by atoms with Crippen LogP contribution in [0.1, 0.15) is 63.1 Å². The van der Waals surface area contributed by atoms with Crippen LogP contribution in [0.2, 0.25) is 0 Å². The molecule has 0 amide bonds. The number of nitrogens with one attached hydrogen (secondary N) is 1. The van der Waals surface area contributed by atoms with Crippen molar-refractivity contribution in [3.05, 3.63) is 11.7 Å². The Labute approximate surface area is 120 Å². The van der Waals surface area contributed by atoms with E-state index in [1.807, 2.05) is 0 Å². The van der Waals surface area contributed by atoms with Gasteiger partial charge in [0.2, 0.25) is 5.89 Å². The molecule has 5 nitrogen and oxygen atoms in total. The number of aromatic nitrogens is 2. The van der Waals surface area contributed by atoms with Crippen molar-refractivity contribution in [3.8, 4) is 0 Å². The van der Waals surface area contributed by atoms with Crippen LogP contribution < -0.4 is 5.32 Å². The molecule has 1 aliphatic heterocycles. The first kappa shape index (κ1) is 14.0. The predicted molar refractivity (Wildman–Crippen MR) is 75.7 cm³/mol. The van der Waals surface area contributed by atoms with E-state index in [0.717, 1.165) is 37.2 Å². The fraction of sp³-hybridized carbons (Fsp3) is 0.867. The zero-order valence-electron chi connectivity index (χ0n) is 12.5. The predicted octanol–water partition coefficient (Wildman–Crippen LogP) is 2.46. The van der Waals surface area contributed by atoms with Crippen molar-refractivity contribution < 1.29 is 9.26 Å². The Morgan fingerprint density at radius 3 is 2.95 bits per heavy atom. The lowest BCUT2D eigenvalue weighted by atomic mass is 10.0. The Hall–Kier alpha value is -0.940. The maximum absolute atomic E-state index is 5.58. The number of nitrogens with zero attached hydrogens (tertiary/aromatic N) is 2. The van der Waals surface area contributed by atoms with Gasteiger partial charge in [0, 0.05) is 12.0 Å². The first-order valence-corrected chi connectivity index (χ1v) is 7.92. The molecular formula is C15H25N3O2. The molecule has 0 spiro atoms. The molecule has 1 aromatic rings. The van der Waals surface area contributed by atoms with Crippen molar-refractivity contribution >= 4 is 0 Å². The zero-order chi connectivity index (χ0) is 13.9. The lowest BCUT2D eigenvalue weighted by Gasteiger charge is -2.15. The summed E-state index contributed by atoms with van der Waals surface area (Å²) in [5, 5.41) is 7.74. The second kappa shape index (κ2) is 6.22. The first-order chi connectivity index (χ1) is 9.78. The fourth-order valence-corrected chi connectivity index (χ4v) is 3.33. The van der Waals surface area contributed by atoms with Crippen molar-refractivity contribution in [1.82, 2.24) is 15.5 Å². The van der Waals surface area contributed by atoms with Crippen molar-refractivity contribution in [3.63, 3.8) is 0 Å². The summed E-state index contributed by atoms with van der Waals surface area (Å²) in [6.07, 6.45) is 4.79. The summed E-state index contributed by atoms with van der Waals surface area (Å²) < 4.78 is 11.1. The minimum Gasteiger partial charge on any atom is -0.379 e. The third kappa shape index (κ3) is 2.88. The second-order valence-corrected chi connectivity index (χ2v) is 6.31. The molecule has 5 heteroatoms. The molecule has 0 radical (unpaired) electrons. The highest BCUT2D eigenvalue weighted by molar-refractivity contribution is 5.06. The molecule has 2 aliphatic rings. The normalized spacial score (nSPS) is 33.9. The third-order valence-electron chi connectivity index (χ3n) is 4.57. The van der Waals surface area contributed by atoms with Gasteiger partial charge in [-0.15, -0.1) is 0 Å². The summed E-state index contributed by atoms with van der Waals surface area (Å²) in [5.74, 6) is 3.15. The molecule has 1 aromatic heterocycles. The van der Waals surface area contributed by atoms with Gasteiger partial charge >= 0.3 is 0 Å². The van der Waals surface area contributed by atoms with Gasteiger partial charge in [0.1, 0.15) is 0 Å². The average molecular weight is 279 g/mol. The van der Waals surface area contributed by atoms with Crippen molar-refractivity contribution in [2.24, 2.45) is 5.92 Å². The molecule has 4 atom stereocenters. The van der Waals surface area contributed by atoms with E-state index in [1.54, 1.807) is 0 Å². The molecule has 0 aromatic carbocycles. The van der Waals surface area contributed by atoms with E-state index in [0.29, 0.717) is 18.6 Å². The van der Waals surface area contributed by atoms with Crippen LogP contribution in [0.4, 0.5) is 0 Å². The van der Waals surface area contributed by atoms with E-state index < -0.39 is 0 Å². The maximum Gasteiger partial charge on any atom is 0.233 e. The summed E-state index contributed by atoms with van der Waals surface area (Å²) in [6, 6.07) is 0.311. The number of hydrogen-bond donors (Lipinski definition) is 1. The topological polar surface area (TPSA) is 60.2 Å². The molecule has 4 unspecified atom stereocenters. The minimum atomic E-state index is 0.210. The number of rotatable bonds is 5. The Morgan fingerprint density at radius 1 is 1.30 bits per heavy atom. The van der Waals surface area contributed by atoms with E-state index in [-0.39, 0.29) is 5.92 Å². The largest absolute Gasteiger partial charge is 0.379 e. The highest BCUT2D eigenvalue weighted by atomic mass is 16.5. The molecule has 0 bridgehead atoms. The van der Waals surface area contributed by atoms with Crippen LogP contribution in [0.5, 0.6) is 0 Å². The van der Waals surface area contributed by atoms with E-state index >= 15 is 0 Å². The van der Waals surface area contributed by atoms with Gasteiger partial charge in [0.15, 0.2) is 5.82 Å². The molecule has 1 aliphatic carbocycles. The van der Waals surface area contributed by atoms with Crippen LogP contribution in [0.15, 0.2) is 4.52 Å². The average Bonchev–Trinajstić information content (AvgIpc) is 3.15. The van der Waals surface area contributed by atoms with Crippen molar-refractivity contribution in [2.75, 3.05) is 19.8 Å². The molecule has 1 saturated carbocycles. The minimum absolute atomic E-state index is 0.210. The first-order valence-electron chi connectivity index (χ1n) is 7.92. The molecule has 3 rings (SSSR count). The molecular weight excluding hydrogens is 254 g/mol. The van der Waals surface area contributed by atoms with Gasteiger partial charge in [0.25, 0.3) is 0 Å². The fourth-order valence-electron chi connectivity index (χ4n) is 3.33. The summed E-state index contributed by atoms with van der Waals surface area (Å²) >= 11 is 0. The molecule has 20 heavy (non-hydrogen) atoms. The van der Waals surface area contributed by atoms with Crippen molar-refractivity contribution in [1.29, 1.82) is 0 Å². The van der Waals surface area contributed by atoms with Gasteiger partial charge in [0.05, 0.1) is 19.1 Å². The van der Waals surface area contributed by atoms with Gasteiger partial charge < -0.3 is 14.6 Å². The van der Waals surface area contributed by atoms with E-state index in [9.17, 15) is 0 Å². The molecule has 2 heterocycles. The Morgan fingerprint density at radius 2 is 2.20 bits per heavy atom. The molecule has 1 saturated heterocycles. The standard InChI is InChI=1S/C15H25N3O2/c1-3-6-16-13-9-19-8-12(13)15-17-14(18-20-15)11-5-4-10(2)7-11/h10-13,16H,3-9H2,1-2H3. The van der Waals surface area contributed by atoms with Gasteiger partial charge in [-0.05, 0) is 38.1 Å². The summed E-state index contributed by atoms with van der Waals surface area (Å²) in [6.45, 7) is 6.90. The third-order valence-corrected chi connectivity index (χ3v) is 4.57. The Kier molecular flexibility index (Phi) is 4.36. The van der Waals surface area contributed by atoms with Crippen LogP contribution in [-0.4, -0.2) is 35.9 Å². The van der Waals surface area contributed by atoms with Gasteiger partial charge in [-0.25, -0.2) is 0 Å². The number of ether oxygens (including phenoxy) is 1. The van der Waals surface area contributed by atoms with E-state index in [2.05, 4.69) is 29.3 Å². The Bertz CT molecular complexity index is 435. The number of hydrogen-bond acceptors (Lipinski definition) is 5. The zero-order valence-corrected chi connectivity index (χ0v) is 12.5. The smallest absolute Gasteiger partial charge is 0.233 e. The lowest BCUT2D eigenvalue weighted by Crippen LogP contribution is -2.35. The van der Waals surface area contributed by atoms with E-state index in [4.69, 9.17) is 9.26 Å². The summed E-state index contributed by atoms with van der Waals surface area (Å²) in [7, 11) is 0. The Balaban J connectivity index is 1.66. The van der Waals surface area contributed by atoms with Crippen LogP contribution in [0, 0.1) is 5.92 Å². The molecule has 2 fully saturated rings. The second-order valence-electron chi connectivity index (χ2n) is 6.31. The van der Waals surface area contributed by atoms with Crippen LogP contribution in [0.25, 0.3) is 0 Å². The van der Waals surface area contributed by atoms with E-state index in [1.165, 1.54) is 19.3 Å². The summed E-state index contributed by atoms with van der Waals surface area (Å²) in [5.41, 5.74) is 0. The van der Waals surface area contributed by atoms with Crippen LogP contribution in [-0.2, 0) is 4.74 Å². The molecule has 1 N–H and O–H groups in total.